The fourth-order valence-corrected chi connectivity index (χ4v) is 6.66. The summed E-state index contributed by atoms with van der Waals surface area (Å²) < 4.78 is 1.63. The van der Waals surface area contributed by atoms with Crippen molar-refractivity contribution in [2.45, 2.75) is 57.7 Å². The van der Waals surface area contributed by atoms with Gasteiger partial charge in [0.1, 0.15) is 4.83 Å². The average Bonchev–Trinajstić information content (AvgIpc) is 2.92. The lowest BCUT2D eigenvalue weighted by Crippen LogP contribution is -2.24. The number of benzene rings is 1. The molecule has 0 radical (unpaired) electrons. The summed E-state index contributed by atoms with van der Waals surface area (Å²) in [5.74, 6) is -0.0607. The topological polar surface area (TPSA) is 64.0 Å². The van der Waals surface area contributed by atoms with Gasteiger partial charge in [-0.1, -0.05) is 41.9 Å². The minimum atomic E-state index is -0.190. The number of thioether (sulfide) groups is 1. The monoisotopic (exact) mass is 487 g/mol. The number of nitrogens with zero attached hydrogens (tertiary/aromatic N) is 2. The zero-order chi connectivity index (χ0) is 22.8. The van der Waals surface area contributed by atoms with Gasteiger partial charge in [0.25, 0.3) is 5.56 Å². The van der Waals surface area contributed by atoms with Gasteiger partial charge in [0.05, 0.1) is 21.8 Å². The number of carbonyl (C=O) groups is 1. The van der Waals surface area contributed by atoms with Crippen LogP contribution in [0.5, 0.6) is 0 Å². The lowest BCUT2D eigenvalue weighted by molar-refractivity contribution is -0.113. The summed E-state index contributed by atoms with van der Waals surface area (Å²) in [6, 6.07) is 3.81. The number of allylic oxidation sites excluding steroid dienone is 1. The molecule has 4 rings (SSSR count). The molecule has 0 saturated carbocycles. The second kappa shape index (κ2) is 9.81. The van der Waals surface area contributed by atoms with Crippen molar-refractivity contribution >= 4 is 56.5 Å². The van der Waals surface area contributed by atoms with E-state index < -0.39 is 0 Å². The third-order valence-electron chi connectivity index (χ3n) is 5.63. The maximum atomic E-state index is 13.4. The first-order valence-corrected chi connectivity index (χ1v) is 12.9. The zero-order valence-electron chi connectivity index (χ0n) is 18.3. The standard InChI is InChI=1S/C24H26ClN3O2S2/c1-4-10-28-23(30)20-16-8-6-5-7-9-18(16)32-22(20)27-24(28)31-13-19(29)26-21-15(3)11-14(2)12-17(21)25/h4,11-12H,1,5-10,13H2,2-3H3,(H,26,29). The Morgan fingerprint density at radius 3 is 2.84 bits per heavy atom. The van der Waals surface area contributed by atoms with Crippen LogP contribution >= 0.6 is 34.7 Å². The van der Waals surface area contributed by atoms with Gasteiger partial charge in [-0.15, -0.1) is 17.9 Å². The lowest BCUT2D eigenvalue weighted by atomic mass is 10.1. The third kappa shape index (κ3) is 4.65. The second-order valence-corrected chi connectivity index (χ2v) is 10.6. The number of halogens is 1. The quantitative estimate of drug-likeness (QED) is 0.203. The molecule has 0 aliphatic heterocycles. The maximum Gasteiger partial charge on any atom is 0.263 e. The Morgan fingerprint density at radius 2 is 2.09 bits per heavy atom. The molecule has 1 aliphatic rings. The number of thiophene rings is 1. The van der Waals surface area contributed by atoms with E-state index in [2.05, 4.69) is 11.9 Å². The van der Waals surface area contributed by atoms with Crippen LogP contribution in [0.1, 0.15) is 40.8 Å². The molecule has 168 valence electrons. The number of aromatic nitrogens is 2. The number of fused-ring (bicyclic) bond motifs is 3. The number of amides is 1. The summed E-state index contributed by atoms with van der Waals surface area (Å²) in [7, 11) is 0. The molecule has 0 spiro atoms. The molecule has 1 N–H and O–H groups in total. The van der Waals surface area contributed by atoms with E-state index in [1.165, 1.54) is 28.6 Å². The first-order chi connectivity index (χ1) is 15.4. The Hall–Kier alpha value is -2.09. The van der Waals surface area contributed by atoms with Crippen molar-refractivity contribution in [1.29, 1.82) is 0 Å². The van der Waals surface area contributed by atoms with Gasteiger partial charge >= 0.3 is 0 Å². The van der Waals surface area contributed by atoms with Crippen molar-refractivity contribution in [3.8, 4) is 0 Å². The summed E-state index contributed by atoms with van der Waals surface area (Å²) in [6.07, 6.45) is 7.11. The predicted molar refractivity (Wildman–Crippen MR) is 136 cm³/mol. The number of hydrogen-bond acceptors (Lipinski definition) is 5. The number of rotatable bonds is 6. The van der Waals surface area contributed by atoms with Crippen molar-refractivity contribution < 1.29 is 4.79 Å². The Morgan fingerprint density at radius 1 is 1.31 bits per heavy atom. The van der Waals surface area contributed by atoms with Gasteiger partial charge in [-0.3, -0.25) is 14.2 Å². The summed E-state index contributed by atoms with van der Waals surface area (Å²) >= 11 is 9.21. The Kier molecular flexibility index (Phi) is 7.08. The third-order valence-corrected chi connectivity index (χ3v) is 8.09. The molecular formula is C24H26ClN3O2S2. The molecule has 3 aromatic rings. The van der Waals surface area contributed by atoms with Crippen molar-refractivity contribution in [1.82, 2.24) is 9.55 Å². The van der Waals surface area contributed by atoms with Crippen LogP contribution in [-0.4, -0.2) is 21.2 Å². The molecule has 5 nitrogen and oxygen atoms in total. The largest absolute Gasteiger partial charge is 0.324 e. The molecule has 0 fully saturated rings. The van der Waals surface area contributed by atoms with Gasteiger partial charge in [-0.25, -0.2) is 4.98 Å². The summed E-state index contributed by atoms with van der Waals surface area (Å²) in [5.41, 5.74) is 3.72. The van der Waals surface area contributed by atoms with Crippen LogP contribution in [0.2, 0.25) is 5.02 Å². The molecule has 2 aromatic heterocycles. The van der Waals surface area contributed by atoms with Crippen LogP contribution in [0.3, 0.4) is 0 Å². The van der Waals surface area contributed by atoms with E-state index in [0.29, 0.717) is 22.4 Å². The highest BCUT2D eigenvalue weighted by molar-refractivity contribution is 7.99. The second-order valence-electron chi connectivity index (χ2n) is 8.12. The van der Waals surface area contributed by atoms with Crippen molar-refractivity contribution in [3.05, 3.63) is 61.7 Å². The fourth-order valence-electron chi connectivity index (χ4n) is 4.18. The van der Waals surface area contributed by atoms with E-state index in [-0.39, 0.29) is 17.2 Å². The highest BCUT2D eigenvalue weighted by Crippen LogP contribution is 2.34. The molecule has 0 bridgehead atoms. The summed E-state index contributed by atoms with van der Waals surface area (Å²) in [4.78, 5) is 32.9. The van der Waals surface area contributed by atoms with Crippen LogP contribution in [0.4, 0.5) is 5.69 Å². The van der Waals surface area contributed by atoms with Crippen LogP contribution in [0.25, 0.3) is 10.2 Å². The van der Waals surface area contributed by atoms with Crippen LogP contribution < -0.4 is 10.9 Å². The zero-order valence-corrected chi connectivity index (χ0v) is 20.7. The molecule has 0 saturated heterocycles. The van der Waals surface area contributed by atoms with Gasteiger partial charge in [-0.05, 0) is 62.3 Å². The van der Waals surface area contributed by atoms with E-state index in [4.69, 9.17) is 16.6 Å². The van der Waals surface area contributed by atoms with Gasteiger partial charge < -0.3 is 5.32 Å². The first kappa shape index (κ1) is 23.1. The van der Waals surface area contributed by atoms with Crippen molar-refractivity contribution in [3.63, 3.8) is 0 Å². The molecule has 1 amide bonds. The molecule has 8 heteroatoms. The van der Waals surface area contributed by atoms with Crippen molar-refractivity contribution in [2.24, 2.45) is 0 Å². The highest BCUT2D eigenvalue weighted by Gasteiger charge is 2.22. The Balaban J connectivity index is 1.61. The minimum Gasteiger partial charge on any atom is -0.324 e. The smallest absolute Gasteiger partial charge is 0.263 e. The van der Waals surface area contributed by atoms with E-state index >= 15 is 0 Å². The van der Waals surface area contributed by atoms with Crippen LogP contribution in [0.15, 0.2) is 34.7 Å². The summed E-state index contributed by atoms with van der Waals surface area (Å²) in [6.45, 7) is 8.04. The van der Waals surface area contributed by atoms with Crippen LogP contribution in [-0.2, 0) is 24.2 Å². The molecule has 1 aromatic carbocycles. The van der Waals surface area contributed by atoms with E-state index in [1.807, 2.05) is 26.0 Å². The molecule has 32 heavy (non-hydrogen) atoms. The Labute approximate surface area is 200 Å². The normalized spacial score (nSPS) is 13.6. The van der Waals surface area contributed by atoms with Gasteiger partial charge in [-0.2, -0.15) is 0 Å². The van der Waals surface area contributed by atoms with E-state index in [9.17, 15) is 9.59 Å². The molecule has 2 heterocycles. The van der Waals surface area contributed by atoms with E-state index in [0.717, 1.165) is 47.0 Å². The summed E-state index contributed by atoms with van der Waals surface area (Å²) in [5, 5.41) is 4.72. The lowest BCUT2D eigenvalue weighted by Gasteiger charge is -2.13. The van der Waals surface area contributed by atoms with Crippen molar-refractivity contribution in [2.75, 3.05) is 11.1 Å². The number of carbonyl (C=O) groups excluding carboxylic acids is 1. The van der Waals surface area contributed by atoms with Crippen LogP contribution in [0, 0.1) is 13.8 Å². The van der Waals surface area contributed by atoms with Gasteiger partial charge in [0.15, 0.2) is 5.16 Å². The predicted octanol–water partition coefficient (Wildman–Crippen LogP) is 5.91. The number of anilines is 1. The number of nitrogens with one attached hydrogen (secondary N) is 1. The molecule has 0 unspecified atom stereocenters. The number of aryl methyl sites for hydroxylation is 4. The fraction of sp³-hybridized carbons (Fsp3) is 0.375. The highest BCUT2D eigenvalue weighted by atomic mass is 35.5. The SMILES string of the molecule is C=CCn1c(SCC(=O)Nc2c(C)cc(C)cc2Cl)nc2sc3c(c2c1=O)CCCCC3. The molecule has 1 aliphatic carbocycles. The molecule has 0 atom stereocenters. The maximum absolute atomic E-state index is 13.4. The molecular weight excluding hydrogens is 462 g/mol. The van der Waals surface area contributed by atoms with Gasteiger partial charge in [0.2, 0.25) is 5.91 Å². The van der Waals surface area contributed by atoms with E-state index in [1.54, 1.807) is 22.0 Å². The number of hydrogen-bond donors (Lipinski definition) is 1. The first-order valence-electron chi connectivity index (χ1n) is 10.7. The minimum absolute atomic E-state index is 0.0327. The average molecular weight is 488 g/mol. The van der Waals surface area contributed by atoms with Gasteiger partial charge in [0, 0.05) is 11.4 Å². The Bertz CT molecular complexity index is 1240.